The molecule has 0 aliphatic rings. The van der Waals surface area contributed by atoms with E-state index in [1.807, 2.05) is 0 Å². The molecular formula is C6HF7N2O. The summed E-state index contributed by atoms with van der Waals surface area (Å²) in [5, 5.41) is 0. The molecule has 0 saturated heterocycles. The highest BCUT2D eigenvalue weighted by atomic mass is 19.4. The Bertz CT molecular complexity index is 385. The molecule has 90 valence electrons. The smallest absolute Gasteiger partial charge is 0.388 e. The number of aromatic nitrogens is 2. The largest absolute Gasteiger partial charge is 0.574 e. The number of halogens is 7. The lowest BCUT2D eigenvalue weighted by Gasteiger charge is -2.10. The topological polar surface area (TPSA) is 35.0 Å². The monoisotopic (exact) mass is 250 g/mol. The minimum absolute atomic E-state index is 0.156. The van der Waals surface area contributed by atoms with Crippen molar-refractivity contribution in [2.24, 2.45) is 0 Å². The van der Waals surface area contributed by atoms with Crippen molar-refractivity contribution < 1.29 is 35.5 Å². The third-order valence-electron chi connectivity index (χ3n) is 1.19. The predicted molar refractivity (Wildman–Crippen MR) is 33.7 cm³/mol. The summed E-state index contributed by atoms with van der Waals surface area (Å²) in [5.74, 6) is -1.56. The normalized spacial score (nSPS) is 12.7. The first-order valence-electron chi connectivity index (χ1n) is 3.45. The Labute approximate surface area is 82.9 Å². The van der Waals surface area contributed by atoms with Gasteiger partial charge in [-0.25, -0.2) is 0 Å². The molecule has 0 atom stereocenters. The number of alkyl halides is 6. The van der Waals surface area contributed by atoms with Crippen LogP contribution < -0.4 is 4.74 Å². The van der Waals surface area contributed by atoms with E-state index in [1.54, 1.807) is 0 Å². The van der Waals surface area contributed by atoms with Crippen LogP contribution in [0.1, 0.15) is 5.69 Å². The highest BCUT2D eigenvalue weighted by molar-refractivity contribution is 5.16. The van der Waals surface area contributed by atoms with Gasteiger partial charge in [0.2, 0.25) is 5.88 Å². The second-order valence-corrected chi connectivity index (χ2v) is 2.41. The van der Waals surface area contributed by atoms with Crippen molar-refractivity contribution in [3.05, 3.63) is 17.8 Å². The molecule has 0 aromatic carbocycles. The molecule has 0 fully saturated rings. The molecule has 1 aromatic heterocycles. The number of hydrogen-bond donors (Lipinski definition) is 0. The molecular weight excluding hydrogens is 249 g/mol. The Morgan fingerprint density at radius 3 is 2.00 bits per heavy atom. The first-order valence-corrected chi connectivity index (χ1v) is 3.45. The van der Waals surface area contributed by atoms with E-state index in [-0.39, 0.29) is 6.07 Å². The molecule has 0 aliphatic carbocycles. The van der Waals surface area contributed by atoms with Crippen LogP contribution in [-0.2, 0) is 6.18 Å². The maximum atomic E-state index is 12.4. The fourth-order valence-corrected chi connectivity index (χ4v) is 0.713. The van der Waals surface area contributed by atoms with Crippen LogP contribution >= 0.6 is 0 Å². The molecule has 1 aromatic rings. The third kappa shape index (κ3) is 3.51. The number of rotatable bonds is 1. The summed E-state index contributed by atoms with van der Waals surface area (Å²) < 4.78 is 86.2. The lowest BCUT2D eigenvalue weighted by atomic mass is 10.4. The number of nitrogens with zero attached hydrogens (tertiary/aromatic N) is 2. The zero-order valence-electron chi connectivity index (χ0n) is 7.03. The van der Waals surface area contributed by atoms with Gasteiger partial charge in [-0.2, -0.15) is 27.5 Å². The van der Waals surface area contributed by atoms with Gasteiger partial charge in [0.1, 0.15) is 0 Å². The van der Waals surface area contributed by atoms with E-state index >= 15 is 0 Å². The highest BCUT2D eigenvalue weighted by Gasteiger charge is 2.37. The van der Waals surface area contributed by atoms with Crippen molar-refractivity contribution in [2.45, 2.75) is 12.5 Å². The molecule has 16 heavy (non-hydrogen) atoms. The zero-order valence-corrected chi connectivity index (χ0v) is 7.03. The van der Waals surface area contributed by atoms with E-state index in [9.17, 15) is 30.7 Å². The molecule has 1 heterocycles. The van der Waals surface area contributed by atoms with Gasteiger partial charge in [0, 0.05) is 6.07 Å². The van der Waals surface area contributed by atoms with Crippen molar-refractivity contribution in [1.82, 2.24) is 9.97 Å². The van der Waals surface area contributed by atoms with Crippen molar-refractivity contribution in [1.29, 1.82) is 0 Å². The SMILES string of the molecule is Fc1nc(OC(F)(F)F)cc(C(F)(F)F)n1. The molecule has 0 bridgehead atoms. The van der Waals surface area contributed by atoms with E-state index in [0.29, 0.717) is 0 Å². The Morgan fingerprint density at radius 1 is 1.00 bits per heavy atom. The van der Waals surface area contributed by atoms with Gasteiger partial charge in [-0.15, -0.1) is 13.2 Å². The lowest BCUT2D eigenvalue weighted by molar-refractivity contribution is -0.276. The van der Waals surface area contributed by atoms with Crippen molar-refractivity contribution >= 4 is 0 Å². The van der Waals surface area contributed by atoms with Crippen LogP contribution in [-0.4, -0.2) is 16.3 Å². The lowest BCUT2D eigenvalue weighted by Crippen LogP contribution is -2.19. The maximum absolute atomic E-state index is 12.4. The van der Waals surface area contributed by atoms with Crippen LogP contribution in [0, 0.1) is 6.08 Å². The molecule has 0 aliphatic heterocycles. The fourth-order valence-electron chi connectivity index (χ4n) is 0.713. The van der Waals surface area contributed by atoms with Gasteiger partial charge in [0.25, 0.3) is 0 Å². The molecule has 3 nitrogen and oxygen atoms in total. The Hall–Kier alpha value is -1.61. The summed E-state index contributed by atoms with van der Waals surface area (Å²) in [4.78, 5) is 4.70. The van der Waals surface area contributed by atoms with Crippen LogP contribution in [0.3, 0.4) is 0 Å². The van der Waals surface area contributed by atoms with E-state index < -0.39 is 30.2 Å². The van der Waals surface area contributed by atoms with Gasteiger partial charge in [-0.3, -0.25) is 0 Å². The van der Waals surface area contributed by atoms with Gasteiger partial charge in [0.15, 0.2) is 5.69 Å². The van der Waals surface area contributed by atoms with Gasteiger partial charge >= 0.3 is 18.6 Å². The molecule has 0 spiro atoms. The molecule has 10 heteroatoms. The van der Waals surface area contributed by atoms with Gasteiger partial charge in [0.05, 0.1) is 0 Å². The molecule has 1 rings (SSSR count). The summed E-state index contributed by atoms with van der Waals surface area (Å²) in [6, 6.07) is -0.156. The highest BCUT2D eigenvalue weighted by Crippen LogP contribution is 2.30. The van der Waals surface area contributed by atoms with E-state index in [1.165, 1.54) is 0 Å². The summed E-state index contributed by atoms with van der Waals surface area (Å²) in [5.41, 5.74) is -1.86. The molecule has 0 amide bonds. The molecule has 0 unspecified atom stereocenters. The van der Waals surface area contributed by atoms with Gasteiger partial charge in [-0.05, 0) is 0 Å². The van der Waals surface area contributed by atoms with Crippen molar-refractivity contribution in [3.63, 3.8) is 0 Å². The number of ether oxygens (including phenoxy) is 1. The minimum Gasteiger partial charge on any atom is -0.388 e. The summed E-state index contributed by atoms with van der Waals surface area (Å²) in [6.07, 6.45) is -12.3. The van der Waals surface area contributed by atoms with Crippen LogP contribution in [0.15, 0.2) is 6.07 Å². The van der Waals surface area contributed by atoms with E-state index in [2.05, 4.69) is 14.7 Å². The fraction of sp³-hybridized carbons (Fsp3) is 0.333. The quantitative estimate of drug-likeness (QED) is 0.567. The summed E-state index contributed by atoms with van der Waals surface area (Å²) >= 11 is 0. The molecule has 0 N–H and O–H groups in total. The molecule has 0 radical (unpaired) electrons. The number of hydrogen-bond acceptors (Lipinski definition) is 3. The predicted octanol–water partition coefficient (Wildman–Crippen LogP) is 2.53. The summed E-state index contributed by atoms with van der Waals surface area (Å²) in [6.45, 7) is 0. The Kier molecular flexibility index (Phi) is 2.93. The van der Waals surface area contributed by atoms with Gasteiger partial charge < -0.3 is 4.74 Å². The second-order valence-electron chi connectivity index (χ2n) is 2.41. The average Bonchev–Trinajstić information content (AvgIpc) is 1.97. The van der Waals surface area contributed by atoms with Crippen LogP contribution in [0.2, 0.25) is 0 Å². The van der Waals surface area contributed by atoms with Crippen LogP contribution in [0.25, 0.3) is 0 Å². The third-order valence-corrected chi connectivity index (χ3v) is 1.19. The van der Waals surface area contributed by atoms with E-state index in [0.717, 1.165) is 0 Å². The first-order chi connectivity index (χ1) is 7.08. The van der Waals surface area contributed by atoms with E-state index in [4.69, 9.17) is 0 Å². The van der Waals surface area contributed by atoms with Crippen molar-refractivity contribution in [3.8, 4) is 5.88 Å². The van der Waals surface area contributed by atoms with Gasteiger partial charge in [-0.1, -0.05) is 0 Å². The second kappa shape index (κ2) is 3.76. The maximum Gasteiger partial charge on any atom is 0.574 e. The average molecular weight is 250 g/mol. The molecule has 0 saturated carbocycles. The summed E-state index contributed by atoms with van der Waals surface area (Å²) in [7, 11) is 0. The standard InChI is InChI=1S/C6HF7N2O/c7-4-14-2(5(8,9)10)1-3(15-4)16-6(11,12)13/h1H. The van der Waals surface area contributed by atoms with Crippen molar-refractivity contribution in [2.75, 3.05) is 0 Å². The van der Waals surface area contributed by atoms with Crippen LogP contribution in [0.5, 0.6) is 5.88 Å². The zero-order chi connectivity index (χ0) is 12.6. The van der Waals surface area contributed by atoms with Crippen LogP contribution in [0.4, 0.5) is 30.7 Å². The Balaban J connectivity index is 3.09. The minimum atomic E-state index is -5.26. The Morgan fingerprint density at radius 2 is 1.56 bits per heavy atom. The first kappa shape index (κ1) is 12.5.